The Kier molecular flexibility index (Phi) is 4.28. The fraction of sp³-hybridized carbons (Fsp3) is 0.364. The molecule has 25 heavy (non-hydrogen) atoms. The molecular formula is C22H21NO2. The van der Waals surface area contributed by atoms with Crippen molar-refractivity contribution in [2.75, 3.05) is 0 Å². The first-order chi connectivity index (χ1) is 12.2. The molecule has 2 fully saturated rings. The third kappa shape index (κ3) is 3.44. The van der Waals surface area contributed by atoms with E-state index in [2.05, 4.69) is 6.07 Å². The van der Waals surface area contributed by atoms with Crippen LogP contribution < -0.4 is 4.74 Å². The largest absolute Gasteiger partial charge is 0.427 e. The van der Waals surface area contributed by atoms with Crippen LogP contribution in [0.15, 0.2) is 48.5 Å². The second kappa shape index (κ2) is 6.72. The lowest BCUT2D eigenvalue weighted by Crippen LogP contribution is -2.18. The van der Waals surface area contributed by atoms with E-state index in [4.69, 9.17) is 10.00 Å². The number of hydrogen-bond donors (Lipinski definition) is 0. The highest BCUT2D eigenvalue weighted by atomic mass is 16.5. The van der Waals surface area contributed by atoms with Gasteiger partial charge in [0.2, 0.25) is 0 Å². The van der Waals surface area contributed by atoms with Gasteiger partial charge in [0.15, 0.2) is 0 Å². The van der Waals surface area contributed by atoms with E-state index in [0.29, 0.717) is 23.7 Å². The standard InChI is InChI=1S/C22H21NO2/c23-14-15-1-4-17(5-2-15)18-7-9-21(10-8-18)25-22(24)13-20-12-16-3-6-19(20)11-16/h1-2,4-5,7-10,16,19-20H,3,6,11-13H2/t16-,19-,20+/m0/s1. The monoisotopic (exact) mass is 331 g/mol. The molecule has 0 saturated heterocycles. The number of carbonyl (C=O) groups is 1. The topological polar surface area (TPSA) is 50.1 Å². The summed E-state index contributed by atoms with van der Waals surface area (Å²) in [4.78, 5) is 12.2. The summed E-state index contributed by atoms with van der Waals surface area (Å²) in [6.45, 7) is 0. The number of esters is 1. The lowest BCUT2D eigenvalue weighted by molar-refractivity contribution is -0.135. The van der Waals surface area contributed by atoms with Crippen molar-refractivity contribution in [2.24, 2.45) is 17.8 Å². The van der Waals surface area contributed by atoms with Gasteiger partial charge >= 0.3 is 5.97 Å². The van der Waals surface area contributed by atoms with E-state index >= 15 is 0 Å². The normalized spacial score (nSPS) is 24.0. The van der Waals surface area contributed by atoms with Crippen molar-refractivity contribution in [3.8, 4) is 22.9 Å². The highest BCUT2D eigenvalue weighted by Crippen LogP contribution is 2.49. The van der Waals surface area contributed by atoms with Crippen LogP contribution in [0.2, 0.25) is 0 Å². The Labute approximate surface area is 148 Å². The SMILES string of the molecule is N#Cc1ccc(-c2ccc(OC(=O)C[C@H]3C[C@H]4CC[C@H]3C4)cc2)cc1. The molecule has 0 radical (unpaired) electrons. The molecule has 3 nitrogen and oxygen atoms in total. The zero-order valence-electron chi connectivity index (χ0n) is 14.2. The van der Waals surface area contributed by atoms with Gasteiger partial charge in [0.25, 0.3) is 0 Å². The van der Waals surface area contributed by atoms with E-state index in [1.54, 1.807) is 12.1 Å². The van der Waals surface area contributed by atoms with Crippen LogP contribution in [0, 0.1) is 29.1 Å². The van der Waals surface area contributed by atoms with E-state index < -0.39 is 0 Å². The average molecular weight is 331 g/mol. The first-order valence-electron chi connectivity index (χ1n) is 9.02. The summed E-state index contributed by atoms with van der Waals surface area (Å²) < 4.78 is 5.53. The second-order valence-corrected chi connectivity index (χ2v) is 7.33. The van der Waals surface area contributed by atoms with Crippen molar-refractivity contribution in [3.05, 3.63) is 54.1 Å². The molecule has 0 aromatic heterocycles. The van der Waals surface area contributed by atoms with Gasteiger partial charge in [-0.3, -0.25) is 4.79 Å². The van der Waals surface area contributed by atoms with Crippen molar-refractivity contribution in [1.82, 2.24) is 0 Å². The molecule has 2 aliphatic rings. The molecule has 2 aromatic rings. The molecule has 2 aromatic carbocycles. The maximum absolute atomic E-state index is 12.2. The third-order valence-electron chi connectivity index (χ3n) is 5.75. The number of fused-ring (bicyclic) bond motifs is 2. The number of hydrogen-bond acceptors (Lipinski definition) is 3. The minimum Gasteiger partial charge on any atom is -0.427 e. The predicted octanol–water partition coefficient (Wildman–Crippen LogP) is 4.96. The molecule has 2 saturated carbocycles. The number of rotatable bonds is 4. The molecule has 2 aliphatic carbocycles. The highest BCUT2D eigenvalue weighted by molar-refractivity contribution is 5.73. The van der Waals surface area contributed by atoms with Gasteiger partial charge in [0, 0.05) is 6.42 Å². The van der Waals surface area contributed by atoms with Gasteiger partial charge in [-0.05, 0) is 72.4 Å². The van der Waals surface area contributed by atoms with E-state index in [-0.39, 0.29) is 5.97 Å². The Hall–Kier alpha value is -2.60. The Morgan fingerprint density at radius 1 is 1.00 bits per heavy atom. The van der Waals surface area contributed by atoms with E-state index in [1.807, 2.05) is 36.4 Å². The van der Waals surface area contributed by atoms with Gasteiger partial charge in [-0.15, -0.1) is 0 Å². The predicted molar refractivity (Wildman–Crippen MR) is 95.8 cm³/mol. The summed E-state index contributed by atoms with van der Waals surface area (Å²) in [5, 5.41) is 8.86. The molecule has 0 unspecified atom stereocenters. The van der Waals surface area contributed by atoms with Gasteiger partial charge in [0.1, 0.15) is 5.75 Å². The fourth-order valence-electron chi connectivity index (χ4n) is 4.47. The van der Waals surface area contributed by atoms with Crippen LogP contribution in [0.3, 0.4) is 0 Å². The Morgan fingerprint density at radius 2 is 1.68 bits per heavy atom. The molecule has 0 aliphatic heterocycles. The molecule has 0 amide bonds. The zero-order valence-corrected chi connectivity index (χ0v) is 14.2. The molecular weight excluding hydrogens is 310 g/mol. The second-order valence-electron chi connectivity index (χ2n) is 7.33. The number of ether oxygens (including phenoxy) is 1. The summed E-state index contributed by atoms with van der Waals surface area (Å²) in [5.41, 5.74) is 2.73. The fourth-order valence-corrected chi connectivity index (χ4v) is 4.47. The Morgan fingerprint density at radius 3 is 2.24 bits per heavy atom. The molecule has 3 heteroatoms. The van der Waals surface area contributed by atoms with E-state index in [0.717, 1.165) is 23.0 Å². The van der Waals surface area contributed by atoms with E-state index in [1.165, 1.54) is 25.7 Å². The zero-order chi connectivity index (χ0) is 17.2. The molecule has 0 N–H and O–H groups in total. The molecule has 4 rings (SSSR count). The maximum Gasteiger partial charge on any atom is 0.311 e. The van der Waals surface area contributed by atoms with Crippen LogP contribution in [0.5, 0.6) is 5.75 Å². The third-order valence-corrected chi connectivity index (χ3v) is 5.75. The lowest BCUT2D eigenvalue weighted by atomic mass is 9.86. The summed E-state index contributed by atoms with van der Waals surface area (Å²) in [7, 11) is 0. The van der Waals surface area contributed by atoms with Crippen molar-refractivity contribution < 1.29 is 9.53 Å². The van der Waals surface area contributed by atoms with Crippen LogP contribution in [0.1, 0.15) is 37.7 Å². The number of nitrogens with zero attached hydrogens (tertiary/aromatic N) is 1. The lowest BCUT2D eigenvalue weighted by Gasteiger charge is -2.20. The molecule has 0 spiro atoms. The molecule has 126 valence electrons. The van der Waals surface area contributed by atoms with Crippen molar-refractivity contribution in [1.29, 1.82) is 5.26 Å². The first-order valence-corrected chi connectivity index (χ1v) is 9.02. The minimum atomic E-state index is -0.108. The van der Waals surface area contributed by atoms with Gasteiger partial charge in [-0.2, -0.15) is 5.26 Å². The van der Waals surface area contributed by atoms with Crippen LogP contribution in [-0.2, 0) is 4.79 Å². The van der Waals surface area contributed by atoms with Gasteiger partial charge in [-0.1, -0.05) is 30.7 Å². The van der Waals surface area contributed by atoms with Crippen molar-refractivity contribution >= 4 is 5.97 Å². The maximum atomic E-state index is 12.2. The summed E-state index contributed by atoms with van der Waals surface area (Å²) in [6, 6.07) is 17.1. The number of nitriles is 1. The number of benzene rings is 2. The molecule has 3 atom stereocenters. The average Bonchev–Trinajstić information content (AvgIpc) is 3.25. The van der Waals surface area contributed by atoms with E-state index in [9.17, 15) is 4.79 Å². The summed E-state index contributed by atoms with van der Waals surface area (Å²) in [5.74, 6) is 2.63. The van der Waals surface area contributed by atoms with Crippen LogP contribution in [-0.4, -0.2) is 5.97 Å². The number of carbonyl (C=O) groups excluding carboxylic acids is 1. The highest BCUT2D eigenvalue weighted by Gasteiger charge is 2.40. The van der Waals surface area contributed by atoms with Crippen LogP contribution in [0.25, 0.3) is 11.1 Å². The Balaban J connectivity index is 1.36. The van der Waals surface area contributed by atoms with Gasteiger partial charge < -0.3 is 4.74 Å². The minimum absolute atomic E-state index is 0.108. The summed E-state index contributed by atoms with van der Waals surface area (Å²) >= 11 is 0. The van der Waals surface area contributed by atoms with Gasteiger partial charge in [0.05, 0.1) is 11.6 Å². The van der Waals surface area contributed by atoms with Crippen molar-refractivity contribution in [2.45, 2.75) is 32.1 Å². The molecule has 2 bridgehead atoms. The van der Waals surface area contributed by atoms with Crippen LogP contribution in [0.4, 0.5) is 0 Å². The quantitative estimate of drug-likeness (QED) is 0.588. The Bertz CT molecular complexity index is 801. The molecule has 0 heterocycles. The van der Waals surface area contributed by atoms with Crippen LogP contribution >= 0.6 is 0 Å². The first kappa shape index (κ1) is 15.9. The van der Waals surface area contributed by atoms with Crippen molar-refractivity contribution in [3.63, 3.8) is 0 Å². The summed E-state index contributed by atoms with van der Waals surface area (Å²) in [6.07, 6.45) is 5.72. The smallest absolute Gasteiger partial charge is 0.311 e. The van der Waals surface area contributed by atoms with Gasteiger partial charge in [-0.25, -0.2) is 0 Å².